The summed E-state index contributed by atoms with van der Waals surface area (Å²) >= 11 is 1.96. The third kappa shape index (κ3) is 3.09. The number of hydrogen-bond acceptors (Lipinski definition) is 3. The zero-order valence-electron chi connectivity index (χ0n) is 11.4. The van der Waals surface area contributed by atoms with Gasteiger partial charge in [0.2, 0.25) is 0 Å². The van der Waals surface area contributed by atoms with E-state index in [9.17, 15) is 0 Å². The molecule has 2 heterocycles. The van der Waals surface area contributed by atoms with E-state index >= 15 is 0 Å². The number of hydrogen-bond donors (Lipinski definition) is 1. The molecule has 96 valence electrons. The van der Waals surface area contributed by atoms with E-state index in [1.165, 1.54) is 22.7 Å². The van der Waals surface area contributed by atoms with Gasteiger partial charge in [0.05, 0.1) is 0 Å². The summed E-state index contributed by atoms with van der Waals surface area (Å²) in [6.45, 7) is 9.02. The van der Waals surface area contributed by atoms with Crippen molar-refractivity contribution in [3.63, 3.8) is 0 Å². The zero-order valence-corrected chi connectivity index (χ0v) is 12.2. The first-order valence-electron chi connectivity index (χ1n) is 6.58. The molecule has 0 aliphatic carbocycles. The molecule has 0 spiro atoms. The van der Waals surface area contributed by atoms with Crippen LogP contribution in [-0.2, 0) is 0 Å². The standard InChI is InChI=1S/C14H24N2S/c1-10(2)15-9-12-7-8-16(4)14(12)13-6-5-11(3)17-13/h5-6,10,12,14-15H,7-9H2,1-4H3. The van der Waals surface area contributed by atoms with E-state index in [1.54, 1.807) is 0 Å². The highest BCUT2D eigenvalue weighted by Gasteiger charge is 2.33. The summed E-state index contributed by atoms with van der Waals surface area (Å²) in [6, 6.07) is 5.78. The maximum atomic E-state index is 3.59. The SMILES string of the molecule is Cc1ccc(C2C(CNC(C)C)CCN2C)s1. The lowest BCUT2D eigenvalue weighted by Crippen LogP contribution is -2.31. The Kier molecular flexibility index (Phi) is 4.23. The fourth-order valence-electron chi connectivity index (χ4n) is 2.69. The quantitative estimate of drug-likeness (QED) is 0.886. The molecule has 1 saturated heterocycles. The molecule has 1 aromatic rings. The molecule has 2 rings (SSSR count). The molecule has 1 aliphatic rings. The summed E-state index contributed by atoms with van der Waals surface area (Å²) in [5.74, 6) is 0.764. The molecule has 1 fully saturated rings. The molecule has 2 atom stereocenters. The highest BCUT2D eigenvalue weighted by Crippen LogP contribution is 2.38. The summed E-state index contributed by atoms with van der Waals surface area (Å²) in [5, 5.41) is 3.59. The number of thiophene rings is 1. The van der Waals surface area contributed by atoms with Crippen LogP contribution >= 0.6 is 11.3 Å². The van der Waals surface area contributed by atoms with Crippen molar-refractivity contribution < 1.29 is 0 Å². The predicted molar refractivity (Wildman–Crippen MR) is 75.7 cm³/mol. The number of nitrogens with zero attached hydrogens (tertiary/aromatic N) is 1. The van der Waals surface area contributed by atoms with Crippen LogP contribution in [-0.4, -0.2) is 31.1 Å². The molecule has 0 amide bonds. The number of aryl methyl sites for hydroxylation is 1. The Balaban J connectivity index is 2.06. The highest BCUT2D eigenvalue weighted by molar-refractivity contribution is 7.12. The first kappa shape index (κ1) is 13.1. The first-order chi connectivity index (χ1) is 8.08. The molecule has 0 radical (unpaired) electrons. The second kappa shape index (κ2) is 5.51. The summed E-state index contributed by atoms with van der Waals surface area (Å²) in [5.41, 5.74) is 0. The van der Waals surface area contributed by atoms with Crippen LogP contribution in [0.5, 0.6) is 0 Å². The molecule has 1 N–H and O–H groups in total. The van der Waals surface area contributed by atoms with Gasteiger partial charge in [0, 0.05) is 28.4 Å². The second-order valence-electron chi connectivity index (χ2n) is 5.49. The number of rotatable bonds is 4. The lowest BCUT2D eigenvalue weighted by Gasteiger charge is -2.25. The molecular weight excluding hydrogens is 228 g/mol. The van der Waals surface area contributed by atoms with Crippen molar-refractivity contribution in [1.82, 2.24) is 10.2 Å². The highest BCUT2D eigenvalue weighted by atomic mass is 32.1. The van der Waals surface area contributed by atoms with Crippen molar-refractivity contribution in [1.29, 1.82) is 0 Å². The Hall–Kier alpha value is -0.380. The minimum atomic E-state index is 0.589. The lowest BCUT2D eigenvalue weighted by molar-refractivity contribution is 0.273. The van der Waals surface area contributed by atoms with E-state index < -0.39 is 0 Å². The van der Waals surface area contributed by atoms with E-state index in [0.29, 0.717) is 12.1 Å². The van der Waals surface area contributed by atoms with Gasteiger partial charge < -0.3 is 5.32 Å². The van der Waals surface area contributed by atoms with Gasteiger partial charge in [0.15, 0.2) is 0 Å². The van der Waals surface area contributed by atoms with E-state index in [0.717, 1.165) is 12.5 Å². The van der Waals surface area contributed by atoms with Gasteiger partial charge in [-0.25, -0.2) is 0 Å². The van der Waals surface area contributed by atoms with E-state index in [1.807, 2.05) is 11.3 Å². The van der Waals surface area contributed by atoms with E-state index in [-0.39, 0.29) is 0 Å². The van der Waals surface area contributed by atoms with Crippen LogP contribution in [0.4, 0.5) is 0 Å². The largest absolute Gasteiger partial charge is 0.314 e. The predicted octanol–water partition coefficient (Wildman–Crippen LogP) is 3.05. The van der Waals surface area contributed by atoms with Crippen molar-refractivity contribution in [3.8, 4) is 0 Å². The van der Waals surface area contributed by atoms with E-state index in [4.69, 9.17) is 0 Å². The van der Waals surface area contributed by atoms with Gasteiger partial charge in [-0.1, -0.05) is 13.8 Å². The van der Waals surface area contributed by atoms with Crippen molar-refractivity contribution in [2.45, 2.75) is 39.3 Å². The van der Waals surface area contributed by atoms with Gasteiger partial charge in [-0.15, -0.1) is 11.3 Å². The monoisotopic (exact) mass is 252 g/mol. The summed E-state index contributed by atoms with van der Waals surface area (Å²) in [6.07, 6.45) is 1.32. The molecular formula is C14H24N2S. The molecule has 1 aliphatic heterocycles. The van der Waals surface area contributed by atoms with Gasteiger partial charge in [-0.3, -0.25) is 4.90 Å². The fourth-order valence-corrected chi connectivity index (χ4v) is 3.83. The molecule has 2 unspecified atom stereocenters. The summed E-state index contributed by atoms with van der Waals surface area (Å²) < 4.78 is 0. The maximum absolute atomic E-state index is 3.59. The zero-order chi connectivity index (χ0) is 12.4. The summed E-state index contributed by atoms with van der Waals surface area (Å²) in [4.78, 5) is 5.48. The lowest BCUT2D eigenvalue weighted by atomic mass is 9.99. The van der Waals surface area contributed by atoms with Crippen LogP contribution in [0, 0.1) is 12.8 Å². The number of nitrogens with one attached hydrogen (secondary N) is 1. The Bertz CT molecular complexity index is 359. The van der Waals surface area contributed by atoms with Crippen LogP contribution in [0.15, 0.2) is 12.1 Å². The van der Waals surface area contributed by atoms with Gasteiger partial charge in [-0.05, 0) is 45.0 Å². The average Bonchev–Trinajstić information content (AvgIpc) is 2.82. The average molecular weight is 252 g/mol. The van der Waals surface area contributed by atoms with Crippen LogP contribution in [0.25, 0.3) is 0 Å². The Morgan fingerprint density at radius 1 is 1.47 bits per heavy atom. The topological polar surface area (TPSA) is 15.3 Å². The van der Waals surface area contributed by atoms with E-state index in [2.05, 4.69) is 50.2 Å². The Morgan fingerprint density at radius 3 is 2.82 bits per heavy atom. The first-order valence-corrected chi connectivity index (χ1v) is 7.39. The number of likely N-dealkylation sites (tertiary alicyclic amines) is 1. The molecule has 2 nitrogen and oxygen atoms in total. The summed E-state index contributed by atoms with van der Waals surface area (Å²) in [7, 11) is 2.26. The van der Waals surface area contributed by atoms with Crippen LogP contribution in [0.3, 0.4) is 0 Å². The Morgan fingerprint density at radius 2 is 2.24 bits per heavy atom. The smallest absolute Gasteiger partial charge is 0.0479 e. The molecule has 17 heavy (non-hydrogen) atoms. The molecule has 0 bridgehead atoms. The third-order valence-electron chi connectivity index (χ3n) is 3.61. The molecule has 3 heteroatoms. The van der Waals surface area contributed by atoms with Crippen LogP contribution in [0.1, 0.15) is 36.1 Å². The fraction of sp³-hybridized carbons (Fsp3) is 0.714. The normalized spacial score (nSPS) is 25.9. The third-order valence-corrected chi connectivity index (χ3v) is 4.69. The van der Waals surface area contributed by atoms with Crippen LogP contribution < -0.4 is 5.32 Å². The van der Waals surface area contributed by atoms with Gasteiger partial charge in [0.25, 0.3) is 0 Å². The Labute approximate surface area is 109 Å². The minimum Gasteiger partial charge on any atom is -0.314 e. The van der Waals surface area contributed by atoms with Gasteiger partial charge in [-0.2, -0.15) is 0 Å². The second-order valence-corrected chi connectivity index (χ2v) is 6.81. The van der Waals surface area contributed by atoms with Gasteiger partial charge >= 0.3 is 0 Å². The van der Waals surface area contributed by atoms with Crippen molar-refractivity contribution in [2.75, 3.05) is 20.1 Å². The molecule has 0 saturated carbocycles. The van der Waals surface area contributed by atoms with Crippen molar-refractivity contribution in [3.05, 3.63) is 21.9 Å². The van der Waals surface area contributed by atoms with Gasteiger partial charge in [0.1, 0.15) is 0 Å². The van der Waals surface area contributed by atoms with Crippen molar-refractivity contribution in [2.24, 2.45) is 5.92 Å². The van der Waals surface area contributed by atoms with Crippen molar-refractivity contribution >= 4 is 11.3 Å². The molecule has 0 aromatic carbocycles. The maximum Gasteiger partial charge on any atom is 0.0479 e. The minimum absolute atomic E-state index is 0.589. The van der Waals surface area contributed by atoms with Crippen LogP contribution in [0.2, 0.25) is 0 Å². The molecule has 1 aromatic heterocycles.